The summed E-state index contributed by atoms with van der Waals surface area (Å²) in [5.41, 5.74) is 3.59. The van der Waals surface area contributed by atoms with Crippen molar-refractivity contribution < 1.29 is 4.42 Å². The normalized spacial score (nSPS) is 10.8. The molecule has 0 unspecified atom stereocenters. The molecule has 1 heterocycles. The van der Waals surface area contributed by atoms with E-state index in [0.717, 1.165) is 28.7 Å². The zero-order valence-corrected chi connectivity index (χ0v) is 13.2. The highest BCUT2D eigenvalue weighted by Gasteiger charge is 2.04. The van der Waals surface area contributed by atoms with Crippen LogP contribution in [0, 0.1) is 6.92 Å². The van der Waals surface area contributed by atoms with E-state index in [0.29, 0.717) is 6.54 Å². The van der Waals surface area contributed by atoms with Gasteiger partial charge in [0.05, 0.1) is 6.54 Å². The van der Waals surface area contributed by atoms with Crippen molar-refractivity contribution in [3.05, 3.63) is 82.6 Å². The molecule has 0 atom stereocenters. The number of hydrogen-bond acceptors (Lipinski definition) is 2. The van der Waals surface area contributed by atoms with Crippen LogP contribution in [-0.2, 0) is 13.1 Å². The lowest BCUT2D eigenvalue weighted by Crippen LogP contribution is -2.11. The van der Waals surface area contributed by atoms with Gasteiger partial charge in [0.15, 0.2) is 0 Å². The summed E-state index contributed by atoms with van der Waals surface area (Å²) in [6, 6.07) is 20.2. The third-order valence-electron chi connectivity index (χ3n) is 3.54. The van der Waals surface area contributed by atoms with Gasteiger partial charge in [-0.1, -0.05) is 41.4 Å². The van der Waals surface area contributed by atoms with E-state index in [9.17, 15) is 0 Å². The van der Waals surface area contributed by atoms with Crippen molar-refractivity contribution in [1.29, 1.82) is 0 Å². The van der Waals surface area contributed by atoms with E-state index in [-0.39, 0.29) is 0 Å². The topological polar surface area (TPSA) is 25.2 Å². The highest BCUT2D eigenvalue weighted by molar-refractivity contribution is 6.30. The number of hydrogen-bond donors (Lipinski definition) is 1. The van der Waals surface area contributed by atoms with Crippen LogP contribution in [0.2, 0.25) is 5.02 Å². The summed E-state index contributed by atoms with van der Waals surface area (Å²) in [6.45, 7) is 3.64. The molecule has 2 nitrogen and oxygen atoms in total. The number of rotatable bonds is 5. The molecule has 3 aromatic rings. The minimum Gasteiger partial charge on any atom is -0.460 e. The van der Waals surface area contributed by atoms with Gasteiger partial charge in [-0.2, -0.15) is 0 Å². The summed E-state index contributed by atoms with van der Waals surface area (Å²) < 4.78 is 5.86. The Hall–Kier alpha value is -2.03. The summed E-state index contributed by atoms with van der Waals surface area (Å²) in [4.78, 5) is 0. The molecule has 0 radical (unpaired) electrons. The zero-order chi connectivity index (χ0) is 15.4. The lowest BCUT2D eigenvalue weighted by Gasteiger charge is -2.04. The number of furan rings is 1. The fourth-order valence-corrected chi connectivity index (χ4v) is 2.40. The van der Waals surface area contributed by atoms with Crippen molar-refractivity contribution in [2.75, 3.05) is 0 Å². The van der Waals surface area contributed by atoms with Crippen LogP contribution in [0.3, 0.4) is 0 Å². The zero-order valence-electron chi connectivity index (χ0n) is 12.5. The second-order valence-corrected chi connectivity index (χ2v) is 5.80. The largest absolute Gasteiger partial charge is 0.460 e. The van der Waals surface area contributed by atoms with E-state index < -0.39 is 0 Å². The van der Waals surface area contributed by atoms with Gasteiger partial charge < -0.3 is 9.73 Å². The third-order valence-corrected chi connectivity index (χ3v) is 3.79. The third kappa shape index (κ3) is 3.79. The Morgan fingerprint density at radius 1 is 0.864 bits per heavy atom. The summed E-state index contributed by atoms with van der Waals surface area (Å²) in [5, 5.41) is 4.13. The minimum absolute atomic E-state index is 0.710. The molecular formula is C19H18ClNO. The standard InChI is InChI=1S/C19H18ClNO/c1-14-2-4-15(5-3-14)12-21-13-18-10-11-19(22-18)16-6-8-17(20)9-7-16/h2-11,21H,12-13H2,1H3. The SMILES string of the molecule is Cc1ccc(CNCc2ccc(-c3ccc(Cl)cc3)o2)cc1. The summed E-state index contributed by atoms with van der Waals surface area (Å²) >= 11 is 5.90. The average Bonchev–Trinajstić information content (AvgIpc) is 2.99. The molecule has 0 aliphatic carbocycles. The maximum absolute atomic E-state index is 5.90. The molecule has 0 saturated heterocycles. The van der Waals surface area contributed by atoms with Crippen LogP contribution >= 0.6 is 11.6 Å². The molecule has 0 bridgehead atoms. The van der Waals surface area contributed by atoms with Crippen molar-refractivity contribution >= 4 is 11.6 Å². The highest BCUT2D eigenvalue weighted by Crippen LogP contribution is 2.23. The van der Waals surface area contributed by atoms with Crippen LogP contribution in [0.5, 0.6) is 0 Å². The van der Waals surface area contributed by atoms with Crippen molar-refractivity contribution in [3.8, 4) is 11.3 Å². The Bertz CT molecular complexity index is 729. The average molecular weight is 312 g/mol. The van der Waals surface area contributed by atoms with Gasteiger partial charge in [-0.25, -0.2) is 0 Å². The van der Waals surface area contributed by atoms with Gasteiger partial charge in [-0.3, -0.25) is 0 Å². The predicted octanol–water partition coefficient (Wildman–Crippen LogP) is 5.20. The number of aryl methyl sites for hydroxylation is 1. The Balaban J connectivity index is 1.57. The van der Waals surface area contributed by atoms with E-state index in [4.69, 9.17) is 16.0 Å². The molecule has 2 aromatic carbocycles. The second kappa shape index (κ2) is 6.82. The number of nitrogens with one attached hydrogen (secondary N) is 1. The Morgan fingerprint density at radius 3 is 2.32 bits per heavy atom. The molecule has 1 N–H and O–H groups in total. The van der Waals surface area contributed by atoms with Crippen LogP contribution < -0.4 is 5.32 Å². The van der Waals surface area contributed by atoms with Crippen LogP contribution in [0.15, 0.2) is 65.1 Å². The van der Waals surface area contributed by atoms with Gasteiger partial charge in [0.1, 0.15) is 11.5 Å². The Morgan fingerprint density at radius 2 is 1.59 bits per heavy atom. The lowest BCUT2D eigenvalue weighted by atomic mass is 10.1. The van der Waals surface area contributed by atoms with E-state index >= 15 is 0 Å². The molecule has 0 aliphatic heterocycles. The smallest absolute Gasteiger partial charge is 0.134 e. The first-order valence-electron chi connectivity index (χ1n) is 7.31. The van der Waals surface area contributed by atoms with Crippen LogP contribution in [0.1, 0.15) is 16.9 Å². The molecule has 3 heteroatoms. The Kier molecular flexibility index (Phi) is 4.62. The van der Waals surface area contributed by atoms with E-state index in [1.807, 2.05) is 36.4 Å². The number of halogens is 1. The van der Waals surface area contributed by atoms with Crippen molar-refractivity contribution in [1.82, 2.24) is 5.32 Å². The van der Waals surface area contributed by atoms with Crippen LogP contribution in [0.4, 0.5) is 0 Å². The van der Waals surface area contributed by atoms with Crippen LogP contribution in [-0.4, -0.2) is 0 Å². The minimum atomic E-state index is 0.710. The van der Waals surface area contributed by atoms with E-state index in [1.165, 1.54) is 11.1 Å². The van der Waals surface area contributed by atoms with E-state index in [2.05, 4.69) is 36.5 Å². The maximum Gasteiger partial charge on any atom is 0.134 e. The molecule has 0 amide bonds. The molecule has 112 valence electrons. The van der Waals surface area contributed by atoms with Crippen LogP contribution in [0.25, 0.3) is 11.3 Å². The fourth-order valence-electron chi connectivity index (χ4n) is 2.28. The molecule has 1 aromatic heterocycles. The van der Waals surface area contributed by atoms with Crippen molar-refractivity contribution in [2.24, 2.45) is 0 Å². The molecule has 22 heavy (non-hydrogen) atoms. The molecule has 3 rings (SSSR count). The molecule has 0 aliphatic rings. The monoisotopic (exact) mass is 311 g/mol. The fraction of sp³-hybridized carbons (Fsp3) is 0.158. The molecule has 0 saturated carbocycles. The summed E-state index contributed by atoms with van der Waals surface area (Å²) in [6.07, 6.45) is 0. The lowest BCUT2D eigenvalue weighted by molar-refractivity contribution is 0.493. The van der Waals surface area contributed by atoms with Gasteiger partial charge in [0, 0.05) is 17.1 Å². The van der Waals surface area contributed by atoms with Crippen molar-refractivity contribution in [3.63, 3.8) is 0 Å². The Labute approximate surface area is 135 Å². The maximum atomic E-state index is 5.90. The molecule has 0 spiro atoms. The van der Waals surface area contributed by atoms with Crippen molar-refractivity contribution in [2.45, 2.75) is 20.0 Å². The second-order valence-electron chi connectivity index (χ2n) is 5.36. The first-order valence-corrected chi connectivity index (χ1v) is 7.69. The summed E-state index contributed by atoms with van der Waals surface area (Å²) in [7, 11) is 0. The van der Waals surface area contributed by atoms with Gasteiger partial charge in [-0.05, 0) is 48.9 Å². The van der Waals surface area contributed by atoms with Gasteiger partial charge in [0.2, 0.25) is 0 Å². The predicted molar refractivity (Wildman–Crippen MR) is 90.9 cm³/mol. The number of benzene rings is 2. The molecular weight excluding hydrogens is 294 g/mol. The first-order chi connectivity index (χ1) is 10.7. The summed E-state index contributed by atoms with van der Waals surface area (Å²) in [5.74, 6) is 1.79. The quantitative estimate of drug-likeness (QED) is 0.700. The molecule has 0 fully saturated rings. The van der Waals surface area contributed by atoms with Gasteiger partial charge in [-0.15, -0.1) is 0 Å². The van der Waals surface area contributed by atoms with E-state index in [1.54, 1.807) is 0 Å². The highest BCUT2D eigenvalue weighted by atomic mass is 35.5. The first kappa shape index (κ1) is 14.9. The van der Waals surface area contributed by atoms with Gasteiger partial charge >= 0.3 is 0 Å². The van der Waals surface area contributed by atoms with Gasteiger partial charge in [0.25, 0.3) is 0 Å².